The highest BCUT2D eigenvalue weighted by molar-refractivity contribution is 5.60. The number of nitrogens with zero attached hydrogens (tertiary/aromatic N) is 4. The van der Waals surface area contributed by atoms with Gasteiger partial charge in [0, 0.05) is 25.2 Å². The van der Waals surface area contributed by atoms with Crippen molar-refractivity contribution in [1.82, 2.24) is 25.2 Å². The van der Waals surface area contributed by atoms with Crippen molar-refractivity contribution in [3.8, 4) is 11.3 Å². The number of nitrogens with one attached hydrogen (secondary N) is 1. The van der Waals surface area contributed by atoms with E-state index in [1.54, 1.807) is 4.80 Å². The lowest BCUT2D eigenvalue weighted by atomic mass is 10.1. The maximum atomic E-state index is 4.60. The molecular formula is C17H27N5. The molecule has 0 unspecified atom stereocenters. The average Bonchev–Trinajstić information content (AvgIpc) is 2.99. The van der Waals surface area contributed by atoms with Crippen molar-refractivity contribution in [2.75, 3.05) is 26.2 Å². The van der Waals surface area contributed by atoms with Gasteiger partial charge in [-0.05, 0) is 20.0 Å². The Balaban J connectivity index is 2.00. The van der Waals surface area contributed by atoms with Crippen LogP contribution in [-0.2, 0) is 13.1 Å². The van der Waals surface area contributed by atoms with Crippen molar-refractivity contribution in [3.63, 3.8) is 0 Å². The Labute approximate surface area is 133 Å². The van der Waals surface area contributed by atoms with Gasteiger partial charge < -0.3 is 10.2 Å². The maximum absolute atomic E-state index is 4.60. The van der Waals surface area contributed by atoms with Crippen LogP contribution in [0.4, 0.5) is 0 Å². The number of aryl methyl sites for hydroxylation is 1. The SMILES string of the molecule is CCN(CC)CCNCc1nn(CC)nc1-c1ccccc1. The van der Waals surface area contributed by atoms with Gasteiger partial charge in [-0.15, -0.1) is 0 Å². The second-order valence-corrected chi connectivity index (χ2v) is 5.25. The molecule has 1 heterocycles. The zero-order valence-electron chi connectivity index (χ0n) is 13.9. The smallest absolute Gasteiger partial charge is 0.117 e. The molecule has 5 nitrogen and oxygen atoms in total. The minimum Gasteiger partial charge on any atom is -0.310 e. The van der Waals surface area contributed by atoms with E-state index in [-0.39, 0.29) is 0 Å². The van der Waals surface area contributed by atoms with E-state index in [4.69, 9.17) is 0 Å². The Kier molecular flexibility index (Phi) is 6.55. The monoisotopic (exact) mass is 301 g/mol. The fourth-order valence-corrected chi connectivity index (χ4v) is 2.45. The second kappa shape index (κ2) is 8.66. The standard InChI is InChI=1S/C17H27N5/c1-4-21(5-2)13-12-18-14-16-17(20-22(6-3)19-16)15-10-8-7-9-11-15/h7-11,18H,4-6,12-14H2,1-3H3. The van der Waals surface area contributed by atoms with E-state index in [2.05, 4.69) is 53.3 Å². The summed E-state index contributed by atoms with van der Waals surface area (Å²) in [6.07, 6.45) is 0. The second-order valence-electron chi connectivity index (χ2n) is 5.25. The number of aromatic nitrogens is 3. The highest BCUT2D eigenvalue weighted by atomic mass is 15.5. The summed E-state index contributed by atoms with van der Waals surface area (Å²) in [4.78, 5) is 4.18. The van der Waals surface area contributed by atoms with Gasteiger partial charge in [0.05, 0.1) is 6.54 Å². The van der Waals surface area contributed by atoms with Gasteiger partial charge in [0.15, 0.2) is 0 Å². The lowest BCUT2D eigenvalue weighted by Crippen LogP contribution is -2.31. The van der Waals surface area contributed by atoms with E-state index >= 15 is 0 Å². The van der Waals surface area contributed by atoms with Gasteiger partial charge in [0.1, 0.15) is 11.4 Å². The summed E-state index contributed by atoms with van der Waals surface area (Å²) in [6.45, 7) is 12.2. The summed E-state index contributed by atoms with van der Waals surface area (Å²) >= 11 is 0. The molecular weight excluding hydrogens is 274 g/mol. The van der Waals surface area contributed by atoms with E-state index in [0.29, 0.717) is 0 Å². The Morgan fingerprint density at radius 2 is 1.77 bits per heavy atom. The summed E-state index contributed by atoms with van der Waals surface area (Å²) in [7, 11) is 0. The molecule has 0 atom stereocenters. The third kappa shape index (κ3) is 4.39. The van der Waals surface area contributed by atoms with Crippen LogP contribution in [0, 0.1) is 0 Å². The molecule has 1 aromatic carbocycles. The lowest BCUT2D eigenvalue weighted by molar-refractivity contribution is 0.302. The first-order valence-electron chi connectivity index (χ1n) is 8.20. The van der Waals surface area contributed by atoms with Crippen LogP contribution in [0.1, 0.15) is 26.5 Å². The zero-order chi connectivity index (χ0) is 15.8. The topological polar surface area (TPSA) is 46.0 Å². The molecule has 22 heavy (non-hydrogen) atoms. The van der Waals surface area contributed by atoms with Crippen molar-refractivity contribution in [2.45, 2.75) is 33.9 Å². The minimum atomic E-state index is 0.755. The number of benzene rings is 1. The van der Waals surface area contributed by atoms with Crippen molar-refractivity contribution in [1.29, 1.82) is 0 Å². The molecule has 0 saturated heterocycles. The first-order chi connectivity index (χ1) is 10.8. The fraction of sp³-hybridized carbons (Fsp3) is 0.529. The normalized spacial score (nSPS) is 11.3. The predicted octanol–water partition coefficient (Wildman–Crippen LogP) is 2.40. The summed E-state index contributed by atoms with van der Waals surface area (Å²) in [5.74, 6) is 0. The van der Waals surface area contributed by atoms with E-state index in [9.17, 15) is 0 Å². The largest absolute Gasteiger partial charge is 0.310 e. The molecule has 0 bridgehead atoms. The summed E-state index contributed by atoms with van der Waals surface area (Å²) < 4.78 is 0. The van der Waals surface area contributed by atoms with Crippen LogP contribution in [-0.4, -0.2) is 46.1 Å². The van der Waals surface area contributed by atoms with Crippen LogP contribution >= 0.6 is 0 Å². The maximum Gasteiger partial charge on any atom is 0.117 e. The first-order valence-corrected chi connectivity index (χ1v) is 8.20. The predicted molar refractivity (Wildman–Crippen MR) is 90.6 cm³/mol. The summed E-state index contributed by atoms with van der Waals surface area (Å²) in [5, 5.41) is 12.7. The van der Waals surface area contributed by atoms with Crippen molar-refractivity contribution in [2.24, 2.45) is 0 Å². The van der Waals surface area contributed by atoms with Crippen LogP contribution in [0.25, 0.3) is 11.3 Å². The Bertz CT molecular complexity index is 545. The molecule has 2 aromatic rings. The molecule has 1 aromatic heterocycles. The highest BCUT2D eigenvalue weighted by Crippen LogP contribution is 2.19. The molecule has 5 heteroatoms. The van der Waals surface area contributed by atoms with Crippen LogP contribution in [0.2, 0.25) is 0 Å². The molecule has 0 radical (unpaired) electrons. The van der Waals surface area contributed by atoms with Crippen LogP contribution in [0.3, 0.4) is 0 Å². The highest BCUT2D eigenvalue weighted by Gasteiger charge is 2.12. The Morgan fingerprint density at radius 3 is 2.41 bits per heavy atom. The quantitative estimate of drug-likeness (QED) is 0.723. The molecule has 0 spiro atoms. The van der Waals surface area contributed by atoms with Gasteiger partial charge in [-0.2, -0.15) is 15.0 Å². The molecule has 0 aliphatic rings. The Morgan fingerprint density at radius 1 is 1.05 bits per heavy atom. The minimum absolute atomic E-state index is 0.755. The first kappa shape index (κ1) is 16.6. The molecule has 2 rings (SSSR count). The number of hydrogen-bond acceptors (Lipinski definition) is 4. The lowest BCUT2D eigenvalue weighted by Gasteiger charge is -2.17. The number of likely N-dealkylation sites (N-methyl/N-ethyl adjacent to an activating group) is 1. The molecule has 0 saturated carbocycles. The molecule has 1 N–H and O–H groups in total. The molecule has 120 valence electrons. The van der Waals surface area contributed by atoms with Gasteiger partial charge in [0.2, 0.25) is 0 Å². The molecule has 0 fully saturated rings. The van der Waals surface area contributed by atoms with Crippen LogP contribution in [0.5, 0.6) is 0 Å². The van der Waals surface area contributed by atoms with E-state index in [1.165, 1.54) is 0 Å². The molecule has 0 amide bonds. The molecule has 0 aliphatic carbocycles. The van der Waals surface area contributed by atoms with Gasteiger partial charge in [-0.25, -0.2) is 0 Å². The number of hydrogen-bond donors (Lipinski definition) is 1. The van der Waals surface area contributed by atoms with Gasteiger partial charge in [-0.1, -0.05) is 44.2 Å². The van der Waals surface area contributed by atoms with E-state index in [1.807, 2.05) is 18.2 Å². The molecule has 0 aliphatic heterocycles. The van der Waals surface area contributed by atoms with E-state index in [0.717, 1.165) is 56.2 Å². The Hall–Kier alpha value is -1.72. The third-order valence-electron chi connectivity index (χ3n) is 3.85. The van der Waals surface area contributed by atoms with Crippen LogP contribution in [0.15, 0.2) is 30.3 Å². The average molecular weight is 301 g/mol. The number of rotatable bonds is 9. The van der Waals surface area contributed by atoms with Gasteiger partial charge in [0.25, 0.3) is 0 Å². The summed E-state index contributed by atoms with van der Waals surface area (Å²) in [6, 6.07) is 10.3. The van der Waals surface area contributed by atoms with Gasteiger partial charge >= 0.3 is 0 Å². The third-order valence-corrected chi connectivity index (χ3v) is 3.85. The van der Waals surface area contributed by atoms with Gasteiger partial charge in [-0.3, -0.25) is 0 Å². The zero-order valence-corrected chi connectivity index (χ0v) is 13.9. The van der Waals surface area contributed by atoms with Crippen molar-refractivity contribution >= 4 is 0 Å². The summed E-state index contributed by atoms with van der Waals surface area (Å²) in [5.41, 5.74) is 3.13. The van der Waals surface area contributed by atoms with Crippen LogP contribution < -0.4 is 5.32 Å². The van der Waals surface area contributed by atoms with Crippen molar-refractivity contribution < 1.29 is 0 Å². The van der Waals surface area contributed by atoms with E-state index < -0.39 is 0 Å². The fourth-order valence-electron chi connectivity index (χ4n) is 2.45. The van der Waals surface area contributed by atoms with Crippen molar-refractivity contribution in [3.05, 3.63) is 36.0 Å².